The highest BCUT2D eigenvalue weighted by atomic mass is 32.1. The molecule has 0 atom stereocenters. The first-order valence-corrected chi connectivity index (χ1v) is 4.64. The van der Waals surface area contributed by atoms with Crippen LogP contribution in [0.1, 0.15) is 15.4 Å². The predicted molar refractivity (Wildman–Crippen MR) is 51.2 cm³/mol. The lowest BCUT2D eigenvalue weighted by atomic mass is 10.4. The molecule has 0 saturated carbocycles. The number of aromatic nitrogens is 4. The Morgan fingerprint density at radius 1 is 1.64 bits per heavy atom. The predicted octanol–water partition coefficient (Wildman–Crippen LogP) is 0.822. The summed E-state index contributed by atoms with van der Waals surface area (Å²) in [5.41, 5.74) is 0.891. The molecule has 0 aromatic carbocycles. The van der Waals surface area contributed by atoms with Crippen LogP contribution < -0.4 is 5.32 Å². The quantitative estimate of drug-likeness (QED) is 0.767. The smallest absolute Gasteiger partial charge is 0.270 e. The monoisotopic (exact) mass is 209 g/mol. The van der Waals surface area contributed by atoms with Gasteiger partial charge in [-0.3, -0.25) is 9.89 Å². The number of aryl methyl sites for hydroxylation is 1. The molecule has 1 amide bonds. The highest BCUT2D eigenvalue weighted by Gasteiger charge is 2.09. The third-order valence-electron chi connectivity index (χ3n) is 1.53. The van der Waals surface area contributed by atoms with Crippen molar-refractivity contribution < 1.29 is 4.79 Å². The van der Waals surface area contributed by atoms with Crippen molar-refractivity contribution >= 4 is 23.3 Å². The summed E-state index contributed by atoms with van der Waals surface area (Å²) < 4.78 is 3.59. The molecule has 2 heterocycles. The standard InChI is InChI=1S/C7H7N5OS/c1-4-2-6(11-10-4)9-7(13)5-3-8-12-14-5/h2-3H,1H3,(H2,9,10,11,13). The Morgan fingerprint density at radius 2 is 2.50 bits per heavy atom. The van der Waals surface area contributed by atoms with Gasteiger partial charge in [0.2, 0.25) is 0 Å². The second kappa shape index (κ2) is 3.54. The number of amides is 1. The fourth-order valence-corrected chi connectivity index (χ4v) is 1.34. The number of hydrogen-bond donors (Lipinski definition) is 2. The normalized spacial score (nSPS) is 10.1. The van der Waals surface area contributed by atoms with E-state index in [1.807, 2.05) is 6.92 Å². The SMILES string of the molecule is Cc1cc(NC(=O)c2cnns2)n[nH]1. The highest BCUT2D eigenvalue weighted by Crippen LogP contribution is 2.08. The Morgan fingerprint density at radius 3 is 3.07 bits per heavy atom. The summed E-state index contributed by atoms with van der Waals surface area (Å²) in [6.07, 6.45) is 1.42. The van der Waals surface area contributed by atoms with E-state index in [0.29, 0.717) is 10.7 Å². The number of hydrogen-bond acceptors (Lipinski definition) is 5. The van der Waals surface area contributed by atoms with Crippen LogP contribution in [0.25, 0.3) is 0 Å². The van der Waals surface area contributed by atoms with Crippen molar-refractivity contribution in [1.29, 1.82) is 0 Å². The molecule has 0 aliphatic rings. The molecule has 2 aromatic rings. The molecule has 14 heavy (non-hydrogen) atoms. The summed E-state index contributed by atoms with van der Waals surface area (Å²) in [5, 5.41) is 12.8. The molecule has 7 heteroatoms. The van der Waals surface area contributed by atoms with Gasteiger partial charge in [-0.2, -0.15) is 5.10 Å². The Bertz CT molecular complexity index is 435. The van der Waals surface area contributed by atoms with Crippen LogP contribution in [-0.2, 0) is 0 Å². The number of H-pyrrole nitrogens is 1. The van der Waals surface area contributed by atoms with Gasteiger partial charge in [0, 0.05) is 11.8 Å². The van der Waals surface area contributed by atoms with Gasteiger partial charge in [0.05, 0.1) is 6.20 Å². The summed E-state index contributed by atoms with van der Waals surface area (Å²) in [5.74, 6) is 0.257. The minimum absolute atomic E-state index is 0.244. The fraction of sp³-hybridized carbons (Fsp3) is 0.143. The Balaban J connectivity index is 2.09. The molecule has 0 aliphatic carbocycles. The van der Waals surface area contributed by atoms with Crippen molar-refractivity contribution in [2.75, 3.05) is 5.32 Å². The summed E-state index contributed by atoms with van der Waals surface area (Å²) in [4.78, 5) is 11.9. The number of rotatable bonds is 2. The van der Waals surface area contributed by atoms with Crippen molar-refractivity contribution in [3.8, 4) is 0 Å². The number of anilines is 1. The molecule has 6 nitrogen and oxygen atoms in total. The number of nitrogens with zero attached hydrogens (tertiary/aromatic N) is 3. The van der Waals surface area contributed by atoms with Gasteiger partial charge in [0.25, 0.3) is 5.91 Å². The molecule has 0 aliphatic heterocycles. The zero-order valence-electron chi connectivity index (χ0n) is 7.31. The van der Waals surface area contributed by atoms with E-state index in [9.17, 15) is 4.79 Å². The molecule has 2 aromatic heterocycles. The molecular weight excluding hydrogens is 202 g/mol. The number of carbonyl (C=O) groups is 1. The number of aromatic amines is 1. The van der Waals surface area contributed by atoms with E-state index in [2.05, 4.69) is 25.1 Å². The van der Waals surface area contributed by atoms with Gasteiger partial charge in [0.1, 0.15) is 4.88 Å². The molecule has 2 N–H and O–H groups in total. The van der Waals surface area contributed by atoms with E-state index < -0.39 is 0 Å². The second-order valence-corrected chi connectivity index (χ2v) is 3.46. The van der Waals surface area contributed by atoms with Crippen LogP contribution in [0.3, 0.4) is 0 Å². The summed E-state index contributed by atoms with van der Waals surface area (Å²) >= 11 is 1.05. The third-order valence-corrected chi connectivity index (χ3v) is 2.20. The first-order chi connectivity index (χ1) is 6.75. The summed E-state index contributed by atoms with van der Waals surface area (Å²) in [6.45, 7) is 1.86. The molecule has 0 spiro atoms. The zero-order valence-corrected chi connectivity index (χ0v) is 8.13. The first kappa shape index (κ1) is 8.82. The summed E-state index contributed by atoms with van der Waals surface area (Å²) in [7, 11) is 0. The van der Waals surface area contributed by atoms with Crippen LogP contribution in [0.4, 0.5) is 5.82 Å². The van der Waals surface area contributed by atoms with Crippen LogP contribution in [0.2, 0.25) is 0 Å². The van der Waals surface area contributed by atoms with Gasteiger partial charge in [-0.25, -0.2) is 0 Å². The first-order valence-electron chi connectivity index (χ1n) is 3.86. The maximum absolute atomic E-state index is 11.4. The molecule has 0 unspecified atom stereocenters. The van der Waals surface area contributed by atoms with Crippen LogP contribution in [0.15, 0.2) is 12.3 Å². The largest absolute Gasteiger partial charge is 0.304 e. The molecule has 72 valence electrons. The molecule has 0 bridgehead atoms. The average molecular weight is 209 g/mol. The van der Waals surface area contributed by atoms with Gasteiger partial charge < -0.3 is 5.32 Å². The summed E-state index contributed by atoms with van der Waals surface area (Å²) in [6, 6.07) is 1.74. The van der Waals surface area contributed by atoms with E-state index in [1.54, 1.807) is 6.07 Å². The lowest BCUT2D eigenvalue weighted by molar-refractivity contribution is 0.103. The van der Waals surface area contributed by atoms with E-state index in [0.717, 1.165) is 17.2 Å². The van der Waals surface area contributed by atoms with Crippen LogP contribution >= 0.6 is 11.5 Å². The van der Waals surface area contributed by atoms with E-state index >= 15 is 0 Å². The van der Waals surface area contributed by atoms with E-state index in [1.165, 1.54) is 6.20 Å². The fourth-order valence-electron chi connectivity index (χ4n) is 0.927. The second-order valence-electron chi connectivity index (χ2n) is 2.67. The van der Waals surface area contributed by atoms with Gasteiger partial charge in [-0.15, -0.1) is 5.10 Å². The topological polar surface area (TPSA) is 83.6 Å². The van der Waals surface area contributed by atoms with Crippen LogP contribution in [-0.4, -0.2) is 25.7 Å². The Hall–Kier alpha value is -1.76. The zero-order chi connectivity index (χ0) is 9.97. The molecular formula is C7H7N5OS. The maximum atomic E-state index is 11.4. The van der Waals surface area contributed by atoms with E-state index in [4.69, 9.17) is 0 Å². The minimum Gasteiger partial charge on any atom is -0.304 e. The minimum atomic E-state index is -0.244. The van der Waals surface area contributed by atoms with Crippen LogP contribution in [0, 0.1) is 6.92 Å². The molecule has 0 fully saturated rings. The molecule has 0 radical (unpaired) electrons. The van der Waals surface area contributed by atoms with Gasteiger partial charge in [-0.05, 0) is 18.5 Å². The number of carbonyl (C=O) groups excluding carboxylic acids is 1. The van der Waals surface area contributed by atoms with Crippen LogP contribution in [0.5, 0.6) is 0 Å². The molecule has 0 saturated heterocycles. The van der Waals surface area contributed by atoms with Gasteiger partial charge in [-0.1, -0.05) is 4.49 Å². The van der Waals surface area contributed by atoms with Crippen molar-refractivity contribution in [3.63, 3.8) is 0 Å². The van der Waals surface area contributed by atoms with Crippen molar-refractivity contribution in [2.45, 2.75) is 6.92 Å². The van der Waals surface area contributed by atoms with Gasteiger partial charge >= 0.3 is 0 Å². The lowest BCUT2D eigenvalue weighted by Gasteiger charge is -1.95. The van der Waals surface area contributed by atoms with Gasteiger partial charge in [0.15, 0.2) is 5.82 Å². The van der Waals surface area contributed by atoms with Crippen molar-refractivity contribution in [2.24, 2.45) is 0 Å². The lowest BCUT2D eigenvalue weighted by Crippen LogP contribution is -2.10. The third kappa shape index (κ3) is 1.77. The number of nitrogens with one attached hydrogen (secondary N) is 2. The Labute approximate surface area is 83.5 Å². The van der Waals surface area contributed by atoms with Crippen molar-refractivity contribution in [1.82, 2.24) is 19.8 Å². The van der Waals surface area contributed by atoms with E-state index in [-0.39, 0.29) is 5.91 Å². The average Bonchev–Trinajstić information content (AvgIpc) is 2.75. The molecule has 2 rings (SSSR count). The Kier molecular flexibility index (Phi) is 2.23. The van der Waals surface area contributed by atoms with Crippen molar-refractivity contribution in [3.05, 3.63) is 22.8 Å². The maximum Gasteiger partial charge on any atom is 0.270 e. The highest BCUT2D eigenvalue weighted by molar-refractivity contribution is 7.07.